The summed E-state index contributed by atoms with van der Waals surface area (Å²) in [6.07, 6.45) is 3.61. The number of carbonyl (C=O) groups excluding carboxylic acids is 1. The van der Waals surface area contributed by atoms with Crippen LogP contribution in [0.3, 0.4) is 0 Å². The van der Waals surface area contributed by atoms with Crippen molar-refractivity contribution in [2.45, 2.75) is 45.6 Å². The fraction of sp³-hybridized carbons (Fsp3) is 0.857. The molecule has 0 aromatic carbocycles. The summed E-state index contributed by atoms with van der Waals surface area (Å²) in [5.41, 5.74) is -0.441. The molecule has 5 heteroatoms. The van der Waals surface area contributed by atoms with Gasteiger partial charge in [0.05, 0.1) is 5.41 Å². The third-order valence-corrected chi connectivity index (χ3v) is 4.56. The predicted octanol–water partition coefficient (Wildman–Crippen LogP) is 1.09. The molecule has 0 aliphatic carbocycles. The van der Waals surface area contributed by atoms with Gasteiger partial charge < -0.3 is 15.3 Å². The number of carbonyl (C=O) groups is 2. The number of hydrogen-bond donors (Lipinski definition) is 2. The smallest absolute Gasteiger partial charge is 0.326 e. The highest BCUT2D eigenvalue weighted by Crippen LogP contribution is 2.32. The lowest BCUT2D eigenvalue weighted by Gasteiger charge is -2.43. The molecule has 2 saturated heterocycles. The number of likely N-dealkylation sites (tertiary alicyclic amines) is 1. The molecule has 0 saturated carbocycles. The van der Waals surface area contributed by atoms with Crippen LogP contribution in [0.4, 0.5) is 0 Å². The summed E-state index contributed by atoms with van der Waals surface area (Å²) in [4.78, 5) is 25.8. The molecule has 5 nitrogen and oxygen atoms in total. The second-order valence-electron chi connectivity index (χ2n) is 6.24. The summed E-state index contributed by atoms with van der Waals surface area (Å²) in [6, 6.07) is -0.653. The molecular weight excluding hydrogens is 244 g/mol. The zero-order chi connectivity index (χ0) is 14.0. The van der Waals surface area contributed by atoms with Gasteiger partial charge >= 0.3 is 5.97 Å². The van der Waals surface area contributed by atoms with E-state index in [0.29, 0.717) is 13.1 Å². The van der Waals surface area contributed by atoms with Gasteiger partial charge in [-0.2, -0.15) is 0 Å². The summed E-state index contributed by atoms with van der Waals surface area (Å²) < 4.78 is 0. The largest absolute Gasteiger partial charge is 0.480 e. The number of carboxylic acid groups (broad SMARTS) is 1. The van der Waals surface area contributed by atoms with Crippen LogP contribution in [-0.2, 0) is 9.59 Å². The SMILES string of the molecule is CC1CCCN(C(=O)C2(C)CCCNC2)C1C(=O)O. The van der Waals surface area contributed by atoms with Crippen LogP contribution in [0.1, 0.15) is 39.5 Å². The van der Waals surface area contributed by atoms with Crippen LogP contribution in [0.2, 0.25) is 0 Å². The molecule has 2 aliphatic heterocycles. The highest BCUT2D eigenvalue weighted by Gasteiger charge is 2.44. The Labute approximate surface area is 114 Å². The minimum atomic E-state index is -0.868. The average Bonchev–Trinajstić information content (AvgIpc) is 2.38. The Morgan fingerprint density at radius 2 is 2.11 bits per heavy atom. The second kappa shape index (κ2) is 5.49. The molecule has 3 atom stereocenters. The molecule has 19 heavy (non-hydrogen) atoms. The number of amides is 1. The highest BCUT2D eigenvalue weighted by molar-refractivity contribution is 5.88. The number of hydrogen-bond acceptors (Lipinski definition) is 3. The summed E-state index contributed by atoms with van der Waals surface area (Å²) in [6.45, 7) is 6.07. The van der Waals surface area contributed by atoms with Crippen LogP contribution < -0.4 is 5.32 Å². The van der Waals surface area contributed by atoms with E-state index in [9.17, 15) is 14.7 Å². The van der Waals surface area contributed by atoms with Crippen LogP contribution in [-0.4, -0.2) is 47.6 Å². The first-order valence-electron chi connectivity index (χ1n) is 7.20. The molecular formula is C14H24N2O3. The van der Waals surface area contributed by atoms with E-state index in [1.54, 1.807) is 4.90 Å². The molecule has 2 aliphatic rings. The molecule has 3 unspecified atom stereocenters. The van der Waals surface area contributed by atoms with Crippen molar-refractivity contribution in [2.24, 2.45) is 11.3 Å². The monoisotopic (exact) mass is 268 g/mol. The number of nitrogens with one attached hydrogen (secondary N) is 1. The Kier molecular flexibility index (Phi) is 4.13. The van der Waals surface area contributed by atoms with E-state index in [1.165, 1.54) is 0 Å². The summed E-state index contributed by atoms with van der Waals surface area (Å²) >= 11 is 0. The number of carboxylic acids is 1. The molecule has 0 aromatic heterocycles. The van der Waals surface area contributed by atoms with E-state index in [2.05, 4.69) is 5.32 Å². The van der Waals surface area contributed by atoms with E-state index in [-0.39, 0.29) is 11.8 Å². The Morgan fingerprint density at radius 1 is 1.37 bits per heavy atom. The number of aliphatic carboxylic acids is 1. The first kappa shape index (κ1) is 14.3. The van der Waals surface area contributed by atoms with Crippen LogP contribution >= 0.6 is 0 Å². The molecule has 0 aromatic rings. The molecule has 2 rings (SSSR count). The lowest BCUT2D eigenvalue weighted by molar-refractivity contribution is -0.160. The van der Waals surface area contributed by atoms with Crippen molar-refractivity contribution in [2.75, 3.05) is 19.6 Å². The minimum absolute atomic E-state index is 0.0126. The molecule has 2 N–H and O–H groups in total. The zero-order valence-electron chi connectivity index (χ0n) is 11.8. The third-order valence-electron chi connectivity index (χ3n) is 4.56. The summed E-state index contributed by atoms with van der Waals surface area (Å²) in [5, 5.41) is 12.7. The summed E-state index contributed by atoms with van der Waals surface area (Å²) in [5.74, 6) is -0.818. The number of nitrogens with zero attached hydrogens (tertiary/aromatic N) is 1. The number of piperidine rings is 2. The number of rotatable bonds is 2. The Morgan fingerprint density at radius 3 is 2.68 bits per heavy atom. The quantitative estimate of drug-likeness (QED) is 0.786. The van der Waals surface area contributed by atoms with Gasteiger partial charge in [0.15, 0.2) is 0 Å². The zero-order valence-corrected chi connectivity index (χ0v) is 11.8. The second-order valence-corrected chi connectivity index (χ2v) is 6.24. The maximum absolute atomic E-state index is 12.8. The normalized spacial score (nSPS) is 36.0. The molecule has 0 radical (unpaired) electrons. The van der Waals surface area contributed by atoms with Gasteiger partial charge in [-0.25, -0.2) is 4.79 Å². The van der Waals surface area contributed by atoms with Gasteiger partial charge in [0.2, 0.25) is 5.91 Å². The first-order valence-corrected chi connectivity index (χ1v) is 7.20. The van der Waals surface area contributed by atoms with Crippen molar-refractivity contribution in [3.8, 4) is 0 Å². The van der Waals surface area contributed by atoms with Gasteiger partial charge in [-0.1, -0.05) is 6.92 Å². The van der Waals surface area contributed by atoms with Gasteiger partial charge in [0, 0.05) is 13.1 Å². The van der Waals surface area contributed by atoms with Crippen molar-refractivity contribution in [1.82, 2.24) is 10.2 Å². The molecule has 0 spiro atoms. The molecule has 0 bridgehead atoms. The molecule has 1 amide bonds. The summed E-state index contributed by atoms with van der Waals surface area (Å²) in [7, 11) is 0. The standard InChI is InChI=1S/C14H24N2O3/c1-10-5-3-8-16(11(10)12(17)18)13(19)14(2)6-4-7-15-9-14/h10-11,15H,3-9H2,1-2H3,(H,17,18). The fourth-order valence-corrected chi connectivity index (χ4v) is 3.38. The van der Waals surface area contributed by atoms with Crippen LogP contribution in [0.25, 0.3) is 0 Å². The van der Waals surface area contributed by atoms with Gasteiger partial charge in [-0.3, -0.25) is 4.79 Å². The van der Waals surface area contributed by atoms with E-state index in [1.807, 2.05) is 13.8 Å². The van der Waals surface area contributed by atoms with Crippen molar-refractivity contribution >= 4 is 11.9 Å². The minimum Gasteiger partial charge on any atom is -0.480 e. The van der Waals surface area contributed by atoms with Gasteiger partial charge in [-0.15, -0.1) is 0 Å². The molecule has 108 valence electrons. The predicted molar refractivity (Wildman–Crippen MR) is 71.7 cm³/mol. The Hall–Kier alpha value is -1.10. The average molecular weight is 268 g/mol. The maximum Gasteiger partial charge on any atom is 0.326 e. The van der Waals surface area contributed by atoms with Gasteiger partial charge in [-0.05, 0) is 45.1 Å². The van der Waals surface area contributed by atoms with Crippen molar-refractivity contribution < 1.29 is 14.7 Å². The van der Waals surface area contributed by atoms with Gasteiger partial charge in [0.1, 0.15) is 6.04 Å². The molecule has 2 fully saturated rings. The maximum atomic E-state index is 12.8. The van der Waals surface area contributed by atoms with Crippen molar-refractivity contribution in [1.29, 1.82) is 0 Å². The highest BCUT2D eigenvalue weighted by atomic mass is 16.4. The van der Waals surface area contributed by atoms with E-state index in [0.717, 1.165) is 32.2 Å². The van der Waals surface area contributed by atoms with Crippen LogP contribution in [0.15, 0.2) is 0 Å². The topological polar surface area (TPSA) is 69.6 Å². The van der Waals surface area contributed by atoms with Crippen LogP contribution in [0, 0.1) is 11.3 Å². The molecule has 2 heterocycles. The van der Waals surface area contributed by atoms with Crippen molar-refractivity contribution in [3.63, 3.8) is 0 Å². The van der Waals surface area contributed by atoms with E-state index < -0.39 is 17.4 Å². The van der Waals surface area contributed by atoms with Crippen LogP contribution in [0.5, 0.6) is 0 Å². The van der Waals surface area contributed by atoms with Gasteiger partial charge in [0.25, 0.3) is 0 Å². The van der Waals surface area contributed by atoms with E-state index in [4.69, 9.17) is 0 Å². The van der Waals surface area contributed by atoms with E-state index >= 15 is 0 Å². The Balaban J connectivity index is 2.17. The van der Waals surface area contributed by atoms with Crippen molar-refractivity contribution in [3.05, 3.63) is 0 Å². The first-order chi connectivity index (χ1) is 8.96. The lowest BCUT2D eigenvalue weighted by atomic mass is 9.79. The lowest BCUT2D eigenvalue weighted by Crippen LogP contribution is -2.58. The Bertz CT molecular complexity index is 364. The fourth-order valence-electron chi connectivity index (χ4n) is 3.38. The third kappa shape index (κ3) is 2.76.